The van der Waals surface area contributed by atoms with Crippen molar-refractivity contribution in [2.45, 2.75) is 20.0 Å². The van der Waals surface area contributed by atoms with Gasteiger partial charge in [0.1, 0.15) is 5.75 Å². The summed E-state index contributed by atoms with van der Waals surface area (Å²) in [5, 5.41) is 12.8. The molecule has 0 radical (unpaired) electrons. The number of carbonyl (C=O) groups is 2. The van der Waals surface area contributed by atoms with Crippen LogP contribution in [0.15, 0.2) is 53.7 Å². The summed E-state index contributed by atoms with van der Waals surface area (Å²) in [5.74, 6) is -0.526. The molecule has 2 aromatic carbocycles. The average Bonchev–Trinajstić information content (AvgIpc) is 3.08. The summed E-state index contributed by atoms with van der Waals surface area (Å²) in [6.45, 7) is 3.77. The number of ether oxygens (including phenoxy) is 2. The van der Waals surface area contributed by atoms with Crippen LogP contribution in [0.1, 0.15) is 18.1 Å². The molecular formula is C21H22N2O6. The van der Waals surface area contributed by atoms with Crippen molar-refractivity contribution >= 4 is 23.5 Å². The second-order valence-corrected chi connectivity index (χ2v) is 6.59. The van der Waals surface area contributed by atoms with E-state index in [1.165, 1.54) is 0 Å². The van der Waals surface area contributed by atoms with Crippen molar-refractivity contribution in [2.75, 3.05) is 24.7 Å². The number of aryl methyl sites for hydroxylation is 1. The molecule has 29 heavy (non-hydrogen) atoms. The predicted octanol–water partition coefficient (Wildman–Crippen LogP) is 3.22. The first-order chi connectivity index (χ1) is 13.9. The SMILES string of the molecule is C/C(=N/OCC1CN(c2ccccc2)C(=O)O1)c1ccc(OCC(=O)O)c(C)c1. The zero-order valence-electron chi connectivity index (χ0n) is 16.2. The number of amides is 1. The molecule has 1 aliphatic rings. The molecule has 2 aromatic rings. The molecule has 8 heteroatoms. The molecule has 1 N–H and O–H groups in total. The maximum absolute atomic E-state index is 12.0. The van der Waals surface area contributed by atoms with E-state index in [2.05, 4.69) is 5.16 Å². The Kier molecular flexibility index (Phi) is 6.33. The number of carboxylic acids is 1. The summed E-state index contributed by atoms with van der Waals surface area (Å²) in [6.07, 6.45) is -0.814. The largest absolute Gasteiger partial charge is 0.482 e. The molecule has 1 unspecified atom stereocenters. The van der Waals surface area contributed by atoms with Crippen LogP contribution in [0.4, 0.5) is 10.5 Å². The molecule has 0 saturated carbocycles. The van der Waals surface area contributed by atoms with E-state index >= 15 is 0 Å². The molecule has 1 atom stereocenters. The van der Waals surface area contributed by atoms with Crippen LogP contribution in [0.25, 0.3) is 0 Å². The van der Waals surface area contributed by atoms with Gasteiger partial charge in [0.15, 0.2) is 19.3 Å². The van der Waals surface area contributed by atoms with Crippen LogP contribution >= 0.6 is 0 Å². The summed E-state index contributed by atoms with van der Waals surface area (Å²) in [7, 11) is 0. The van der Waals surface area contributed by atoms with Crippen molar-refractivity contribution in [1.29, 1.82) is 0 Å². The molecular weight excluding hydrogens is 376 g/mol. The molecule has 1 heterocycles. The number of para-hydroxylation sites is 1. The van der Waals surface area contributed by atoms with E-state index in [0.717, 1.165) is 16.8 Å². The predicted molar refractivity (Wildman–Crippen MR) is 107 cm³/mol. The van der Waals surface area contributed by atoms with Crippen LogP contribution in [-0.2, 0) is 14.4 Å². The average molecular weight is 398 g/mol. The number of hydrogen-bond donors (Lipinski definition) is 1. The van der Waals surface area contributed by atoms with Crippen molar-refractivity contribution in [3.63, 3.8) is 0 Å². The van der Waals surface area contributed by atoms with Crippen LogP contribution in [-0.4, -0.2) is 48.7 Å². The van der Waals surface area contributed by atoms with Gasteiger partial charge in [-0.15, -0.1) is 0 Å². The molecule has 3 rings (SSSR count). The third-order valence-electron chi connectivity index (χ3n) is 4.35. The minimum atomic E-state index is -1.03. The molecule has 152 valence electrons. The van der Waals surface area contributed by atoms with Crippen LogP contribution in [0.2, 0.25) is 0 Å². The Labute approximate surface area is 168 Å². The summed E-state index contributed by atoms with van der Waals surface area (Å²) in [6, 6.07) is 14.6. The normalized spacial score (nSPS) is 16.5. The lowest BCUT2D eigenvalue weighted by Gasteiger charge is -2.12. The number of carboxylic acid groups (broad SMARTS) is 1. The topological polar surface area (TPSA) is 97.7 Å². The number of oxime groups is 1. The maximum atomic E-state index is 12.0. The second-order valence-electron chi connectivity index (χ2n) is 6.59. The highest BCUT2D eigenvalue weighted by Crippen LogP contribution is 2.22. The molecule has 0 aliphatic carbocycles. The maximum Gasteiger partial charge on any atom is 0.414 e. The number of rotatable bonds is 8. The fraction of sp³-hybridized carbons (Fsp3) is 0.286. The van der Waals surface area contributed by atoms with E-state index in [0.29, 0.717) is 18.0 Å². The van der Waals surface area contributed by atoms with Crippen molar-refractivity contribution < 1.29 is 29.0 Å². The Morgan fingerprint density at radius 3 is 2.72 bits per heavy atom. The van der Waals surface area contributed by atoms with Crippen molar-refractivity contribution in [3.05, 3.63) is 59.7 Å². The number of aliphatic carboxylic acids is 1. The summed E-state index contributed by atoms with van der Waals surface area (Å²) in [5.41, 5.74) is 3.03. The van der Waals surface area contributed by atoms with Gasteiger partial charge in [-0.2, -0.15) is 0 Å². The van der Waals surface area contributed by atoms with Gasteiger partial charge >= 0.3 is 12.1 Å². The third-order valence-corrected chi connectivity index (χ3v) is 4.35. The number of nitrogens with zero attached hydrogens (tertiary/aromatic N) is 2. The highest BCUT2D eigenvalue weighted by atomic mass is 16.7. The van der Waals surface area contributed by atoms with Gasteiger partial charge in [0.25, 0.3) is 0 Å². The number of anilines is 1. The van der Waals surface area contributed by atoms with Gasteiger partial charge in [-0.1, -0.05) is 23.4 Å². The van der Waals surface area contributed by atoms with Crippen molar-refractivity contribution in [3.8, 4) is 5.75 Å². The smallest absolute Gasteiger partial charge is 0.414 e. The number of hydrogen-bond acceptors (Lipinski definition) is 6. The van der Waals surface area contributed by atoms with Gasteiger partial charge in [-0.3, -0.25) is 4.90 Å². The van der Waals surface area contributed by atoms with Gasteiger partial charge in [-0.05, 0) is 55.3 Å². The minimum Gasteiger partial charge on any atom is -0.482 e. The Bertz CT molecular complexity index is 913. The highest BCUT2D eigenvalue weighted by Gasteiger charge is 2.32. The zero-order chi connectivity index (χ0) is 20.8. The van der Waals surface area contributed by atoms with E-state index in [1.807, 2.05) is 43.3 Å². The van der Waals surface area contributed by atoms with E-state index in [9.17, 15) is 9.59 Å². The third kappa shape index (κ3) is 5.25. The van der Waals surface area contributed by atoms with E-state index in [1.54, 1.807) is 24.0 Å². The van der Waals surface area contributed by atoms with Crippen LogP contribution in [0.3, 0.4) is 0 Å². The summed E-state index contributed by atoms with van der Waals surface area (Å²) < 4.78 is 10.5. The Hall–Kier alpha value is -3.55. The molecule has 0 spiro atoms. The van der Waals surface area contributed by atoms with Gasteiger partial charge < -0.3 is 19.4 Å². The fourth-order valence-corrected chi connectivity index (χ4v) is 2.87. The Balaban J connectivity index is 1.54. The molecule has 0 bridgehead atoms. The van der Waals surface area contributed by atoms with E-state index in [4.69, 9.17) is 19.4 Å². The first-order valence-corrected chi connectivity index (χ1v) is 9.09. The second kappa shape index (κ2) is 9.09. The first kappa shape index (κ1) is 20.2. The Morgan fingerprint density at radius 2 is 2.03 bits per heavy atom. The highest BCUT2D eigenvalue weighted by molar-refractivity contribution is 5.98. The summed E-state index contributed by atoms with van der Waals surface area (Å²) in [4.78, 5) is 29.6. The lowest BCUT2D eigenvalue weighted by Crippen LogP contribution is -2.25. The van der Waals surface area contributed by atoms with Crippen LogP contribution in [0.5, 0.6) is 5.75 Å². The Morgan fingerprint density at radius 1 is 1.28 bits per heavy atom. The molecule has 8 nitrogen and oxygen atoms in total. The fourth-order valence-electron chi connectivity index (χ4n) is 2.87. The molecule has 1 saturated heterocycles. The quantitative estimate of drug-likeness (QED) is 0.542. The lowest BCUT2D eigenvalue weighted by molar-refractivity contribution is -0.139. The monoisotopic (exact) mass is 398 g/mol. The molecule has 1 amide bonds. The standard InChI is InChI=1S/C21H22N2O6/c1-14-10-16(8-9-19(14)27-13-20(24)25)15(2)22-28-12-18-11-23(21(26)29-18)17-6-4-3-5-7-17/h3-10,18H,11-13H2,1-2H3,(H,24,25)/b22-15-. The molecule has 1 aliphatic heterocycles. The van der Waals surface area contributed by atoms with Crippen LogP contribution in [0, 0.1) is 6.92 Å². The first-order valence-electron chi connectivity index (χ1n) is 9.09. The minimum absolute atomic E-state index is 0.144. The number of cyclic esters (lactones) is 1. The van der Waals surface area contributed by atoms with Crippen LogP contribution < -0.4 is 9.64 Å². The van der Waals surface area contributed by atoms with Gasteiger partial charge in [0.2, 0.25) is 0 Å². The number of benzene rings is 2. The zero-order valence-corrected chi connectivity index (χ0v) is 16.2. The van der Waals surface area contributed by atoms with Crippen molar-refractivity contribution in [1.82, 2.24) is 0 Å². The molecule has 1 fully saturated rings. The van der Waals surface area contributed by atoms with Gasteiger partial charge in [-0.25, -0.2) is 9.59 Å². The summed E-state index contributed by atoms with van der Waals surface area (Å²) >= 11 is 0. The van der Waals surface area contributed by atoms with E-state index < -0.39 is 24.8 Å². The molecule has 0 aromatic heterocycles. The van der Waals surface area contributed by atoms with E-state index in [-0.39, 0.29) is 6.61 Å². The van der Waals surface area contributed by atoms with Gasteiger partial charge in [0, 0.05) is 5.69 Å². The number of carbonyl (C=O) groups excluding carboxylic acids is 1. The van der Waals surface area contributed by atoms with Crippen molar-refractivity contribution in [2.24, 2.45) is 5.16 Å². The lowest BCUT2D eigenvalue weighted by atomic mass is 10.1. The van der Waals surface area contributed by atoms with Gasteiger partial charge in [0.05, 0.1) is 12.3 Å².